The second-order valence-corrected chi connectivity index (χ2v) is 4.89. The lowest BCUT2D eigenvalue weighted by molar-refractivity contribution is 0.220. The average Bonchev–Trinajstić information content (AvgIpc) is 2.33. The van der Waals surface area contributed by atoms with Crippen LogP contribution in [-0.4, -0.2) is 28.7 Å². The fourth-order valence-electron chi connectivity index (χ4n) is 2.81. The van der Waals surface area contributed by atoms with Crippen molar-refractivity contribution in [3.8, 4) is 11.5 Å². The zero-order valence-electron chi connectivity index (χ0n) is 11.0. The van der Waals surface area contributed by atoms with E-state index in [4.69, 9.17) is 0 Å². The fourth-order valence-corrected chi connectivity index (χ4v) is 2.81. The van der Waals surface area contributed by atoms with Crippen LogP contribution < -0.4 is 0 Å². The highest BCUT2D eigenvalue weighted by Gasteiger charge is 2.26. The highest BCUT2D eigenvalue weighted by molar-refractivity contribution is 5.85. The van der Waals surface area contributed by atoms with Gasteiger partial charge in [0.05, 0.1) is 0 Å². The summed E-state index contributed by atoms with van der Waals surface area (Å²) in [5, 5.41) is 19.4. The van der Waals surface area contributed by atoms with Crippen molar-refractivity contribution >= 4 is 12.4 Å². The van der Waals surface area contributed by atoms with E-state index >= 15 is 0 Å². The molecule has 1 aromatic rings. The molecular weight excluding hydrogens is 250 g/mol. The molecule has 0 aromatic heterocycles. The maximum atomic E-state index is 9.90. The second-order valence-electron chi connectivity index (χ2n) is 4.89. The molecule has 102 valence electrons. The van der Waals surface area contributed by atoms with Gasteiger partial charge in [0.1, 0.15) is 0 Å². The molecule has 0 amide bonds. The smallest absolute Gasteiger partial charge is 0.161 e. The number of nitrogens with zero attached hydrogens (tertiary/aromatic N) is 1. The molecule has 1 aliphatic carbocycles. The topological polar surface area (TPSA) is 43.7 Å². The van der Waals surface area contributed by atoms with Crippen molar-refractivity contribution < 1.29 is 10.2 Å². The van der Waals surface area contributed by atoms with Gasteiger partial charge in [0, 0.05) is 11.6 Å². The summed E-state index contributed by atoms with van der Waals surface area (Å²) in [5.41, 5.74) is 2.12. The van der Waals surface area contributed by atoms with Crippen molar-refractivity contribution in [3.63, 3.8) is 0 Å². The van der Waals surface area contributed by atoms with E-state index < -0.39 is 0 Å². The van der Waals surface area contributed by atoms with Crippen LogP contribution in [0.2, 0.25) is 0 Å². The zero-order chi connectivity index (χ0) is 12.4. The van der Waals surface area contributed by atoms with Gasteiger partial charge in [-0.1, -0.05) is 13.0 Å². The van der Waals surface area contributed by atoms with Crippen LogP contribution in [-0.2, 0) is 6.42 Å². The van der Waals surface area contributed by atoms with Gasteiger partial charge in [0.2, 0.25) is 0 Å². The number of hydrogen-bond donors (Lipinski definition) is 2. The molecule has 0 heterocycles. The number of rotatable bonds is 3. The van der Waals surface area contributed by atoms with Gasteiger partial charge < -0.3 is 10.2 Å². The first-order valence-electron chi connectivity index (χ1n) is 6.39. The molecule has 2 N–H and O–H groups in total. The number of benzene rings is 1. The lowest BCUT2D eigenvalue weighted by atomic mass is 9.86. The van der Waals surface area contributed by atoms with Crippen molar-refractivity contribution in [2.75, 3.05) is 13.6 Å². The Hall–Kier alpha value is -0.930. The van der Waals surface area contributed by atoms with Gasteiger partial charge in [0.15, 0.2) is 11.5 Å². The molecule has 0 fully saturated rings. The molecule has 3 nitrogen and oxygen atoms in total. The van der Waals surface area contributed by atoms with E-state index in [0.717, 1.165) is 37.8 Å². The first-order valence-corrected chi connectivity index (χ1v) is 6.39. The summed E-state index contributed by atoms with van der Waals surface area (Å²) in [4.78, 5) is 2.34. The number of hydrogen-bond acceptors (Lipinski definition) is 3. The highest BCUT2D eigenvalue weighted by atomic mass is 35.5. The van der Waals surface area contributed by atoms with Crippen LogP contribution >= 0.6 is 12.4 Å². The Balaban J connectivity index is 0.00000162. The van der Waals surface area contributed by atoms with Crippen molar-refractivity contribution in [1.29, 1.82) is 0 Å². The highest BCUT2D eigenvalue weighted by Crippen LogP contribution is 2.41. The molecule has 2 rings (SSSR count). The SMILES string of the molecule is CCCN(C)C1CCCc2c1ccc(O)c2O.Cl. The van der Waals surface area contributed by atoms with Crippen molar-refractivity contribution in [2.24, 2.45) is 0 Å². The molecule has 0 radical (unpaired) electrons. The predicted octanol–water partition coefficient (Wildman–Crippen LogP) is 3.24. The van der Waals surface area contributed by atoms with Crippen LogP contribution in [0.5, 0.6) is 11.5 Å². The van der Waals surface area contributed by atoms with Gasteiger partial charge in [-0.15, -0.1) is 12.4 Å². The molecule has 0 aliphatic heterocycles. The third-order valence-corrected chi connectivity index (χ3v) is 3.67. The summed E-state index contributed by atoms with van der Waals surface area (Å²) < 4.78 is 0. The Morgan fingerprint density at radius 1 is 1.33 bits per heavy atom. The normalized spacial score (nSPS) is 18.3. The molecule has 18 heavy (non-hydrogen) atoms. The summed E-state index contributed by atoms with van der Waals surface area (Å²) in [7, 11) is 2.13. The number of phenols is 2. The van der Waals surface area contributed by atoms with Gasteiger partial charge in [-0.3, -0.25) is 4.90 Å². The largest absolute Gasteiger partial charge is 0.504 e. The van der Waals surface area contributed by atoms with Crippen LogP contribution in [0.3, 0.4) is 0 Å². The van der Waals surface area contributed by atoms with Gasteiger partial charge in [-0.2, -0.15) is 0 Å². The Kier molecular flexibility index (Phi) is 5.29. The minimum absolute atomic E-state index is 0. The first kappa shape index (κ1) is 15.1. The summed E-state index contributed by atoms with van der Waals surface area (Å²) >= 11 is 0. The first-order chi connectivity index (χ1) is 8.15. The third-order valence-electron chi connectivity index (χ3n) is 3.67. The monoisotopic (exact) mass is 271 g/mol. The zero-order valence-corrected chi connectivity index (χ0v) is 11.8. The van der Waals surface area contributed by atoms with E-state index in [2.05, 4.69) is 18.9 Å². The van der Waals surface area contributed by atoms with Crippen molar-refractivity contribution in [2.45, 2.75) is 38.6 Å². The Morgan fingerprint density at radius 3 is 2.72 bits per heavy atom. The fraction of sp³-hybridized carbons (Fsp3) is 0.571. The summed E-state index contributed by atoms with van der Waals surface area (Å²) in [6.07, 6.45) is 4.20. The van der Waals surface area contributed by atoms with Crippen molar-refractivity contribution in [3.05, 3.63) is 23.3 Å². The Labute approximate surface area is 115 Å². The van der Waals surface area contributed by atoms with E-state index in [1.807, 2.05) is 6.07 Å². The summed E-state index contributed by atoms with van der Waals surface area (Å²) in [6.45, 7) is 3.24. The molecule has 1 aliphatic rings. The molecule has 0 saturated heterocycles. The Morgan fingerprint density at radius 2 is 2.06 bits per heavy atom. The van der Waals surface area contributed by atoms with Crippen LogP contribution in [0.4, 0.5) is 0 Å². The van der Waals surface area contributed by atoms with E-state index in [0.29, 0.717) is 6.04 Å². The van der Waals surface area contributed by atoms with E-state index in [9.17, 15) is 10.2 Å². The lowest BCUT2D eigenvalue weighted by Crippen LogP contribution is -2.28. The van der Waals surface area contributed by atoms with Gasteiger partial charge in [-0.25, -0.2) is 0 Å². The number of phenolic OH excluding ortho intramolecular Hbond substituents is 2. The van der Waals surface area contributed by atoms with Gasteiger partial charge >= 0.3 is 0 Å². The summed E-state index contributed by atoms with van der Waals surface area (Å²) in [6, 6.07) is 3.94. The van der Waals surface area contributed by atoms with E-state index in [1.54, 1.807) is 6.07 Å². The third kappa shape index (κ3) is 2.73. The van der Waals surface area contributed by atoms with Crippen LogP contribution in [0.15, 0.2) is 12.1 Å². The van der Waals surface area contributed by atoms with Crippen LogP contribution in [0.25, 0.3) is 0 Å². The van der Waals surface area contributed by atoms with Crippen LogP contribution in [0.1, 0.15) is 43.4 Å². The quantitative estimate of drug-likeness (QED) is 0.830. The molecule has 4 heteroatoms. The molecule has 0 saturated carbocycles. The van der Waals surface area contributed by atoms with Gasteiger partial charge in [0.25, 0.3) is 0 Å². The van der Waals surface area contributed by atoms with Gasteiger partial charge in [-0.05, 0) is 50.9 Å². The molecule has 1 unspecified atom stereocenters. The minimum atomic E-state index is 0. The second kappa shape index (κ2) is 6.30. The molecule has 1 atom stereocenters. The molecule has 1 aromatic carbocycles. The lowest BCUT2D eigenvalue weighted by Gasteiger charge is -2.33. The van der Waals surface area contributed by atoms with E-state index in [1.165, 1.54) is 5.56 Å². The number of aromatic hydroxyl groups is 2. The minimum Gasteiger partial charge on any atom is -0.504 e. The standard InChI is InChI=1S/C14H21NO2.ClH/c1-3-9-15(2)12-6-4-5-11-10(12)7-8-13(16)14(11)17;/h7-8,12,16-17H,3-6,9H2,1-2H3;1H. The molecular formula is C14H22ClNO2. The number of halogens is 1. The maximum Gasteiger partial charge on any atom is 0.161 e. The Bertz CT molecular complexity index is 409. The predicted molar refractivity (Wildman–Crippen MR) is 75.6 cm³/mol. The summed E-state index contributed by atoms with van der Waals surface area (Å²) in [5.74, 6) is 0.0830. The number of fused-ring (bicyclic) bond motifs is 1. The van der Waals surface area contributed by atoms with E-state index in [-0.39, 0.29) is 23.9 Å². The van der Waals surface area contributed by atoms with Crippen LogP contribution in [0, 0.1) is 0 Å². The average molecular weight is 272 g/mol. The molecule has 0 spiro atoms. The van der Waals surface area contributed by atoms with Crippen molar-refractivity contribution in [1.82, 2.24) is 4.90 Å². The maximum absolute atomic E-state index is 9.90. The molecule has 0 bridgehead atoms.